The smallest absolute Gasteiger partial charge is 0.258 e. The predicted octanol–water partition coefficient (Wildman–Crippen LogP) is 2.13. The standard InChI is InChI=1S/C15H13NO/c1-9-7-8-11-5-4-6-12-14(11)13(9)10(2)16(3)15(12)17/h4-8H,2H2,1,3H3. The highest BCUT2D eigenvalue weighted by Gasteiger charge is 2.10. The minimum Gasteiger partial charge on any atom is -0.311 e. The molecule has 1 heterocycles. The van der Waals surface area contributed by atoms with Crippen molar-refractivity contribution in [1.82, 2.24) is 4.57 Å². The van der Waals surface area contributed by atoms with Crippen molar-refractivity contribution in [2.75, 3.05) is 0 Å². The Balaban J connectivity index is 2.87. The van der Waals surface area contributed by atoms with Crippen molar-refractivity contribution in [2.45, 2.75) is 6.92 Å². The first-order chi connectivity index (χ1) is 8.11. The number of rotatable bonds is 0. The molecule has 0 aliphatic carbocycles. The van der Waals surface area contributed by atoms with Gasteiger partial charge in [0, 0.05) is 28.6 Å². The molecule has 0 fully saturated rings. The molecule has 0 saturated heterocycles. The average molecular weight is 223 g/mol. The first kappa shape index (κ1) is 10.1. The summed E-state index contributed by atoms with van der Waals surface area (Å²) in [5.74, 6) is 0. The fourth-order valence-corrected chi connectivity index (χ4v) is 2.50. The molecule has 0 saturated carbocycles. The van der Waals surface area contributed by atoms with Gasteiger partial charge in [-0.1, -0.05) is 30.8 Å². The maximum absolute atomic E-state index is 12.2. The summed E-state index contributed by atoms with van der Waals surface area (Å²) in [5, 5.41) is 4.81. The molecule has 84 valence electrons. The lowest BCUT2D eigenvalue weighted by molar-refractivity contribution is 0.848. The van der Waals surface area contributed by atoms with E-state index in [1.165, 1.54) is 0 Å². The Morgan fingerprint density at radius 2 is 1.88 bits per heavy atom. The Hall–Kier alpha value is -2.09. The number of hydrogen-bond acceptors (Lipinski definition) is 1. The van der Waals surface area contributed by atoms with Crippen LogP contribution in [-0.4, -0.2) is 4.57 Å². The Morgan fingerprint density at radius 3 is 2.65 bits per heavy atom. The zero-order valence-corrected chi connectivity index (χ0v) is 9.95. The zero-order chi connectivity index (χ0) is 12.2. The minimum absolute atomic E-state index is 0.0266. The number of pyridine rings is 1. The highest BCUT2D eigenvalue weighted by atomic mass is 16.1. The summed E-state index contributed by atoms with van der Waals surface area (Å²) >= 11 is 0. The van der Waals surface area contributed by atoms with Crippen LogP contribution in [0.25, 0.3) is 28.1 Å². The Morgan fingerprint density at radius 1 is 1.12 bits per heavy atom. The molecule has 0 atom stereocenters. The van der Waals surface area contributed by atoms with Gasteiger partial charge in [-0.15, -0.1) is 0 Å². The van der Waals surface area contributed by atoms with E-state index >= 15 is 0 Å². The van der Waals surface area contributed by atoms with Crippen LogP contribution in [-0.2, 0) is 7.05 Å². The third-order valence-electron chi connectivity index (χ3n) is 3.48. The molecule has 3 aromatic rings. The van der Waals surface area contributed by atoms with Crippen LogP contribution in [0.1, 0.15) is 5.56 Å². The number of benzene rings is 2. The van der Waals surface area contributed by atoms with Gasteiger partial charge in [-0.05, 0) is 23.9 Å². The van der Waals surface area contributed by atoms with Crippen LogP contribution in [0.15, 0.2) is 35.1 Å². The molecule has 0 N–H and O–H groups in total. The fraction of sp³-hybridized carbons (Fsp3) is 0.133. The molecule has 1 aromatic heterocycles. The van der Waals surface area contributed by atoms with Gasteiger partial charge in [-0.25, -0.2) is 0 Å². The van der Waals surface area contributed by atoms with Gasteiger partial charge in [0.2, 0.25) is 0 Å². The third-order valence-corrected chi connectivity index (χ3v) is 3.48. The lowest BCUT2D eigenvalue weighted by Crippen LogP contribution is -2.30. The van der Waals surface area contributed by atoms with Crippen LogP contribution in [0.4, 0.5) is 0 Å². The monoisotopic (exact) mass is 223 g/mol. The number of hydrogen-bond donors (Lipinski definition) is 0. The number of aryl methyl sites for hydroxylation is 1. The molecule has 0 amide bonds. The minimum atomic E-state index is 0.0266. The lowest BCUT2D eigenvalue weighted by Gasteiger charge is -2.11. The van der Waals surface area contributed by atoms with Gasteiger partial charge in [0.25, 0.3) is 5.56 Å². The highest BCUT2D eigenvalue weighted by molar-refractivity contribution is 6.10. The topological polar surface area (TPSA) is 22.0 Å². The molecule has 0 spiro atoms. The molecule has 2 heteroatoms. The van der Waals surface area contributed by atoms with E-state index in [0.717, 1.165) is 32.5 Å². The molecule has 0 aliphatic heterocycles. The van der Waals surface area contributed by atoms with Crippen molar-refractivity contribution in [3.05, 3.63) is 51.6 Å². The maximum atomic E-state index is 12.2. The normalized spacial score (nSPS) is 11.4. The van der Waals surface area contributed by atoms with Gasteiger partial charge >= 0.3 is 0 Å². The maximum Gasteiger partial charge on any atom is 0.258 e. The van der Waals surface area contributed by atoms with Gasteiger partial charge in [-0.3, -0.25) is 4.79 Å². The molecule has 2 nitrogen and oxygen atoms in total. The van der Waals surface area contributed by atoms with Crippen molar-refractivity contribution in [2.24, 2.45) is 7.05 Å². The molecule has 0 aliphatic rings. The van der Waals surface area contributed by atoms with E-state index in [1.807, 2.05) is 18.2 Å². The quantitative estimate of drug-likeness (QED) is 0.572. The van der Waals surface area contributed by atoms with E-state index in [-0.39, 0.29) is 5.56 Å². The average Bonchev–Trinajstić information content (AvgIpc) is 2.34. The third kappa shape index (κ3) is 1.18. The van der Waals surface area contributed by atoms with Crippen LogP contribution in [0.3, 0.4) is 0 Å². The van der Waals surface area contributed by atoms with E-state index in [2.05, 4.69) is 25.6 Å². The van der Waals surface area contributed by atoms with Crippen LogP contribution < -0.4 is 10.9 Å². The molecule has 2 aromatic carbocycles. The van der Waals surface area contributed by atoms with Crippen molar-refractivity contribution in [3.8, 4) is 0 Å². The SMILES string of the molecule is C=c1c2c(C)ccc3cccc(c(=O)n1C)c32. The summed E-state index contributed by atoms with van der Waals surface area (Å²) in [6, 6.07) is 9.99. The lowest BCUT2D eigenvalue weighted by atomic mass is 9.98. The van der Waals surface area contributed by atoms with E-state index in [9.17, 15) is 4.79 Å². The second kappa shape index (κ2) is 3.20. The molecule has 0 bridgehead atoms. The Kier molecular flexibility index (Phi) is 1.90. The van der Waals surface area contributed by atoms with Gasteiger partial charge in [0.1, 0.15) is 0 Å². The number of nitrogens with zero attached hydrogens (tertiary/aromatic N) is 1. The summed E-state index contributed by atoms with van der Waals surface area (Å²) in [5.41, 5.74) is 1.19. The summed E-state index contributed by atoms with van der Waals surface area (Å²) in [6.45, 7) is 6.09. The zero-order valence-electron chi connectivity index (χ0n) is 9.95. The molecule has 17 heavy (non-hydrogen) atoms. The molecule has 0 radical (unpaired) electrons. The molecular weight excluding hydrogens is 210 g/mol. The highest BCUT2D eigenvalue weighted by Crippen LogP contribution is 2.24. The Labute approximate surface area is 98.8 Å². The van der Waals surface area contributed by atoms with E-state index in [4.69, 9.17) is 0 Å². The summed E-state index contributed by atoms with van der Waals surface area (Å²) in [6.07, 6.45) is 0. The van der Waals surface area contributed by atoms with Gasteiger partial charge in [0.05, 0.1) is 0 Å². The van der Waals surface area contributed by atoms with Crippen LogP contribution >= 0.6 is 0 Å². The van der Waals surface area contributed by atoms with E-state index in [0.29, 0.717) is 0 Å². The van der Waals surface area contributed by atoms with Gasteiger partial charge in [0.15, 0.2) is 0 Å². The van der Waals surface area contributed by atoms with Crippen molar-refractivity contribution < 1.29 is 0 Å². The molecular formula is C15H13NO. The van der Waals surface area contributed by atoms with Crippen molar-refractivity contribution in [3.63, 3.8) is 0 Å². The Bertz CT molecular complexity index is 843. The summed E-state index contributed by atoms with van der Waals surface area (Å²) < 4.78 is 1.63. The van der Waals surface area contributed by atoms with Crippen molar-refractivity contribution >= 4 is 28.1 Å². The fourth-order valence-electron chi connectivity index (χ4n) is 2.50. The van der Waals surface area contributed by atoms with Crippen LogP contribution in [0.2, 0.25) is 0 Å². The van der Waals surface area contributed by atoms with Crippen LogP contribution in [0.5, 0.6) is 0 Å². The predicted molar refractivity (Wildman–Crippen MR) is 72.2 cm³/mol. The van der Waals surface area contributed by atoms with E-state index in [1.54, 1.807) is 11.6 Å². The number of aromatic nitrogens is 1. The first-order valence-electron chi connectivity index (χ1n) is 5.61. The second-order valence-corrected chi connectivity index (χ2v) is 4.47. The van der Waals surface area contributed by atoms with Gasteiger partial charge < -0.3 is 4.57 Å². The van der Waals surface area contributed by atoms with Gasteiger partial charge in [-0.2, -0.15) is 0 Å². The molecule has 0 unspecified atom stereocenters. The summed E-state index contributed by atoms with van der Waals surface area (Å²) in [4.78, 5) is 12.2. The van der Waals surface area contributed by atoms with E-state index < -0.39 is 0 Å². The summed E-state index contributed by atoms with van der Waals surface area (Å²) in [7, 11) is 1.78. The largest absolute Gasteiger partial charge is 0.311 e. The molecule has 3 rings (SSSR count). The second-order valence-electron chi connectivity index (χ2n) is 4.47. The first-order valence-corrected chi connectivity index (χ1v) is 5.61. The van der Waals surface area contributed by atoms with Crippen LogP contribution in [0, 0.1) is 6.92 Å². The van der Waals surface area contributed by atoms with Crippen molar-refractivity contribution in [1.29, 1.82) is 0 Å².